The molecule has 0 bridgehead atoms. The average molecular weight is 426 g/mol. The fourth-order valence-electron chi connectivity index (χ4n) is 3.71. The summed E-state index contributed by atoms with van der Waals surface area (Å²) in [5.41, 5.74) is 6.20. The number of hydrogen-bond donors (Lipinski definition) is 3. The molecule has 5 heterocycles. The number of carbonyl (C=O) groups excluding carboxylic acids is 1. The number of amides is 1. The summed E-state index contributed by atoms with van der Waals surface area (Å²) < 4.78 is 0. The van der Waals surface area contributed by atoms with Crippen molar-refractivity contribution in [3.8, 4) is 22.6 Å². The first-order valence-electron chi connectivity index (χ1n) is 10.4. The molecule has 160 valence electrons. The zero-order valence-electron chi connectivity index (χ0n) is 18.0. The van der Waals surface area contributed by atoms with Gasteiger partial charge in [-0.2, -0.15) is 5.10 Å². The van der Waals surface area contributed by atoms with Crippen molar-refractivity contribution in [3.63, 3.8) is 0 Å². The Morgan fingerprint density at radius 3 is 2.84 bits per heavy atom. The van der Waals surface area contributed by atoms with Crippen molar-refractivity contribution in [3.05, 3.63) is 48.5 Å². The van der Waals surface area contributed by atoms with E-state index < -0.39 is 0 Å². The van der Waals surface area contributed by atoms with E-state index >= 15 is 0 Å². The number of nitrogens with zero attached hydrogens (tertiary/aromatic N) is 5. The van der Waals surface area contributed by atoms with Crippen LogP contribution >= 0.6 is 0 Å². The maximum atomic E-state index is 12.3. The molecular formula is C23H22N8O. The van der Waals surface area contributed by atoms with E-state index in [0.717, 1.165) is 33.3 Å². The Hall–Kier alpha value is -4.14. The average Bonchev–Trinajstić information content (AvgIpc) is 3.37. The molecule has 5 aromatic heterocycles. The van der Waals surface area contributed by atoms with E-state index in [1.165, 1.54) is 0 Å². The van der Waals surface area contributed by atoms with Gasteiger partial charge in [-0.15, -0.1) is 0 Å². The Labute approximate surface area is 183 Å². The van der Waals surface area contributed by atoms with Gasteiger partial charge in [0, 0.05) is 36.1 Å². The molecule has 32 heavy (non-hydrogen) atoms. The van der Waals surface area contributed by atoms with Gasteiger partial charge in [-0.05, 0) is 36.6 Å². The second kappa shape index (κ2) is 7.84. The number of nitrogens with one attached hydrogen (secondary N) is 3. The van der Waals surface area contributed by atoms with Crippen LogP contribution in [0.5, 0.6) is 0 Å². The van der Waals surface area contributed by atoms with Gasteiger partial charge in [-0.3, -0.25) is 14.9 Å². The van der Waals surface area contributed by atoms with E-state index in [2.05, 4.69) is 40.4 Å². The van der Waals surface area contributed by atoms with Gasteiger partial charge in [0.1, 0.15) is 5.69 Å². The van der Waals surface area contributed by atoms with Crippen LogP contribution in [-0.2, 0) is 4.79 Å². The molecule has 0 spiro atoms. The summed E-state index contributed by atoms with van der Waals surface area (Å²) in [6, 6.07) is 5.79. The van der Waals surface area contributed by atoms with E-state index in [1.807, 2.05) is 39.0 Å². The highest BCUT2D eigenvalue weighted by atomic mass is 16.1. The number of anilines is 1. The molecule has 0 radical (unpaired) electrons. The number of hydrogen-bond acceptors (Lipinski definition) is 6. The lowest BCUT2D eigenvalue weighted by molar-refractivity contribution is -0.116. The highest BCUT2D eigenvalue weighted by molar-refractivity contribution is 5.95. The van der Waals surface area contributed by atoms with Crippen molar-refractivity contribution in [2.75, 3.05) is 5.32 Å². The number of fused-ring (bicyclic) bond motifs is 2. The lowest BCUT2D eigenvalue weighted by atomic mass is 10.0. The SMILES string of the molecule is Cc1c(NC(=O)CC(C)C)cncc1-c1cnc2n[nH]c(-c3nc4ncccc4[nH]3)c2c1. The van der Waals surface area contributed by atoms with Gasteiger partial charge in [0.15, 0.2) is 17.1 Å². The normalized spacial score (nSPS) is 11.5. The van der Waals surface area contributed by atoms with E-state index in [1.54, 1.807) is 24.8 Å². The summed E-state index contributed by atoms with van der Waals surface area (Å²) in [5.74, 6) is 0.905. The lowest BCUT2D eigenvalue weighted by Crippen LogP contribution is -2.15. The van der Waals surface area contributed by atoms with Crippen LogP contribution in [0.1, 0.15) is 25.8 Å². The van der Waals surface area contributed by atoms with Crippen LogP contribution in [0.4, 0.5) is 5.69 Å². The Morgan fingerprint density at radius 2 is 2.03 bits per heavy atom. The van der Waals surface area contributed by atoms with Crippen molar-refractivity contribution in [1.82, 2.24) is 35.1 Å². The highest BCUT2D eigenvalue weighted by Gasteiger charge is 2.16. The van der Waals surface area contributed by atoms with E-state index in [-0.39, 0.29) is 11.8 Å². The molecule has 5 aromatic rings. The quantitative estimate of drug-likeness (QED) is 0.386. The van der Waals surface area contributed by atoms with Gasteiger partial charge in [0.2, 0.25) is 5.91 Å². The zero-order valence-corrected chi connectivity index (χ0v) is 18.0. The number of imidazole rings is 1. The smallest absolute Gasteiger partial charge is 0.224 e. The van der Waals surface area contributed by atoms with Crippen LogP contribution in [-0.4, -0.2) is 41.0 Å². The second-order valence-corrected chi connectivity index (χ2v) is 8.16. The molecule has 0 aromatic carbocycles. The minimum atomic E-state index is -0.0220. The predicted molar refractivity (Wildman–Crippen MR) is 123 cm³/mol. The third-order valence-electron chi connectivity index (χ3n) is 5.30. The van der Waals surface area contributed by atoms with Gasteiger partial charge in [-0.1, -0.05) is 13.8 Å². The second-order valence-electron chi connectivity index (χ2n) is 8.16. The molecular weight excluding hydrogens is 404 g/mol. The Kier molecular flexibility index (Phi) is 4.85. The Morgan fingerprint density at radius 1 is 1.16 bits per heavy atom. The first-order valence-corrected chi connectivity index (χ1v) is 10.4. The van der Waals surface area contributed by atoms with Crippen molar-refractivity contribution in [2.24, 2.45) is 5.92 Å². The summed E-state index contributed by atoms with van der Waals surface area (Å²) in [6.45, 7) is 6.00. The molecule has 0 aliphatic rings. The van der Waals surface area contributed by atoms with Crippen LogP contribution in [0.3, 0.4) is 0 Å². The van der Waals surface area contributed by atoms with Crippen molar-refractivity contribution in [2.45, 2.75) is 27.2 Å². The van der Waals surface area contributed by atoms with Crippen LogP contribution in [0.2, 0.25) is 0 Å². The van der Waals surface area contributed by atoms with Gasteiger partial charge in [0.25, 0.3) is 0 Å². The van der Waals surface area contributed by atoms with E-state index in [9.17, 15) is 4.79 Å². The molecule has 9 nitrogen and oxygen atoms in total. The third kappa shape index (κ3) is 3.58. The monoisotopic (exact) mass is 426 g/mol. The molecule has 1 amide bonds. The maximum Gasteiger partial charge on any atom is 0.224 e. The van der Waals surface area contributed by atoms with E-state index in [0.29, 0.717) is 29.2 Å². The minimum absolute atomic E-state index is 0.0220. The van der Waals surface area contributed by atoms with Crippen LogP contribution in [0.25, 0.3) is 44.8 Å². The molecule has 0 saturated heterocycles. The predicted octanol–water partition coefficient (Wildman–Crippen LogP) is 4.25. The van der Waals surface area contributed by atoms with E-state index in [4.69, 9.17) is 0 Å². The van der Waals surface area contributed by atoms with Crippen molar-refractivity contribution >= 4 is 33.8 Å². The summed E-state index contributed by atoms with van der Waals surface area (Å²) in [6.07, 6.45) is 7.38. The van der Waals surface area contributed by atoms with Crippen LogP contribution in [0, 0.1) is 12.8 Å². The number of H-pyrrole nitrogens is 2. The number of rotatable bonds is 5. The highest BCUT2D eigenvalue weighted by Crippen LogP contribution is 2.32. The Balaban J connectivity index is 1.55. The Bertz CT molecular complexity index is 1420. The number of aromatic nitrogens is 7. The molecule has 3 N–H and O–H groups in total. The maximum absolute atomic E-state index is 12.3. The molecule has 0 aliphatic heterocycles. The number of pyridine rings is 3. The van der Waals surface area contributed by atoms with Gasteiger partial charge >= 0.3 is 0 Å². The molecule has 0 atom stereocenters. The summed E-state index contributed by atoms with van der Waals surface area (Å²) in [5, 5.41) is 11.2. The number of aromatic amines is 2. The topological polar surface area (TPSA) is 125 Å². The first-order chi connectivity index (χ1) is 15.5. The first kappa shape index (κ1) is 19.8. The molecule has 0 saturated carbocycles. The standard InChI is InChI=1S/C23H22N8O/c1-12(2)7-19(32)27-18-11-24-10-16(13(18)3)14-8-15-20(30-31-21(15)26-9-14)23-28-17-5-4-6-25-22(17)29-23/h4-6,8-12H,7H2,1-3H3,(H,27,32)(H,25,28,29)(H,26,30,31). The fraction of sp³-hybridized carbons (Fsp3) is 0.217. The molecule has 0 fully saturated rings. The summed E-state index contributed by atoms with van der Waals surface area (Å²) in [7, 11) is 0. The fourth-order valence-corrected chi connectivity index (χ4v) is 3.71. The molecule has 9 heteroatoms. The van der Waals surface area contributed by atoms with Gasteiger partial charge in [-0.25, -0.2) is 15.0 Å². The summed E-state index contributed by atoms with van der Waals surface area (Å²) >= 11 is 0. The van der Waals surface area contributed by atoms with Crippen LogP contribution in [0.15, 0.2) is 43.0 Å². The molecule has 5 rings (SSSR count). The third-order valence-corrected chi connectivity index (χ3v) is 5.30. The summed E-state index contributed by atoms with van der Waals surface area (Å²) in [4.78, 5) is 33.2. The lowest BCUT2D eigenvalue weighted by Gasteiger charge is -2.13. The zero-order chi connectivity index (χ0) is 22.2. The van der Waals surface area contributed by atoms with Crippen molar-refractivity contribution in [1.29, 1.82) is 0 Å². The largest absolute Gasteiger partial charge is 0.335 e. The van der Waals surface area contributed by atoms with Crippen molar-refractivity contribution < 1.29 is 4.79 Å². The van der Waals surface area contributed by atoms with Gasteiger partial charge < -0.3 is 10.3 Å². The minimum Gasteiger partial charge on any atom is -0.335 e. The molecule has 0 unspecified atom stereocenters. The van der Waals surface area contributed by atoms with Gasteiger partial charge in [0.05, 0.1) is 22.8 Å². The van der Waals surface area contributed by atoms with Crippen LogP contribution < -0.4 is 5.32 Å². The number of carbonyl (C=O) groups is 1. The molecule has 0 aliphatic carbocycles.